The van der Waals surface area contributed by atoms with E-state index in [1.807, 2.05) is 0 Å². The molecule has 0 bridgehead atoms. The third kappa shape index (κ3) is 2.63. The first kappa shape index (κ1) is 13.7. The highest BCUT2D eigenvalue weighted by Gasteiger charge is 2.18. The van der Waals surface area contributed by atoms with Gasteiger partial charge in [-0.05, 0) is 19.1 Å². The average Bonchev–Trinajstić information content (AvgIpc) is 2.96. The molecule has 0 aliphatic carbocycles. The van der Waals surface area contributed by atoms with Crippen LogP contribution in [0.25, 0.3) is 5.82 Å². The van der Waals surface area contributed by atoms with E-state index in [1.165, 1.54) is 24.3 Å². The average molecular weight is 276 g/mol. The van der Waals surface area contributed by atoms with E-state index in [-0.39, 0.29) is 23.8 Å². The second-order valence-electron chi connectivity index (χ2n) is 3.60. The van der Waals surface area contributed by atoms with Crippen LogP contribution >= 0.6 is 0 Å². The molecule has 8 nitrogen and oxygen atoms in total. The summed E-state index contributed by atoms with van der Waals surface area (Å²) < 4.78 is 10.7. The maximum absolute atomic E-state index is 11.8. The van der Waals surface area contributed by atoms with E-state index in [0.29, 0.717) is 0 Å². The summed E-state index contributed by atoms with van der Waals surface area (Å²) in [6, 6.07) is 3.16. The van der Waals surface area contributed by atoms with Crippen molar-refractivity contribution in [3.8, 4) is 5.82 Å². The Morgan fingerprint density at radius 2 is 2.10 bits per heavy atom. The summed E-state index contributed by atoms with van der Waals surface area (Å²) in [6.07, 6.45) is 2.77. The Morgan fingerprint density at radius 3 is 2.80 bits per heavy atom. The van der Waals surface area contributed by atoms with E-state index in [2.05, 4.69) is 19.8 Å². The van der Waals surface area contributed by atoms with Gasteiger partial charge in [-0.3, -0.25) is 0 Å². The van der Waals surface area contributed by atoms with Crippen LogP contribution in [-0.2, 0) is 9.47 Å². The Morgan fingerprint density at radius 1 is 1.30 bits per heavy atom. The summed E-state index contributed by atoms with van der Waals surface area (Å²) in [5, 5.41) is 3.92. The number of hydrogen-bond acceptors (Lipinski definition) is 7. The SMILES string of the molecule is CCOC(=O)c1cccnc1-n1cnc(C(=O)OC)n1. The van der Waals surface area contributed by atoms with Crippen molar-refractivity contribution in [2.75, 3.05) is 13.7 Å². The van der Waals surface area contributed by atoms with E-state index in [1.54, 1.807) is 19.1 Å². The molecular weight excluding hydrogens is 264 g/mol. The second kappa shape index (κ2) is 5.91. The first-order valence-electron chi connectivity index (χ1n) is 5.79. The lowest BCUT2D eigenvalue weighted by atomic mass is 10.2. The first-order valence-corrected chi connectivity index (χ1v) is 5.79. The number of rotatable bonds is 4. The van der Waals surface area contributed by atoms with Gasteiger partial charge in [-0.25, -0.2) is 24.2 Å². The van der Waals surface area contributed by atoms with Crippen LogP contribution < -0.4 is 0 Å². The fourth-order valence-electron chi connectivity index (χ4n) is 1.50. The van der Waals surface area contributed by atoms with E-state index in [4.69, 9.17) is 4.74 Å². The summed E-state index contributed by atoms with van der Waals surface area (Å²) in [5.74, 6) is -1.08. The Hall–Kier alpha value is -2.77. The number of carbonyl (C=O) groups excluding carboxylic acids is 2. The topological polar surface area (TPSA) is 96.2 Å². The van der Waals surface area contributed by atoms with Crippen LogP contribution in [0.4, 0.5) is 0 Å². The van der Waals surface area contributed by atoms with Crippen molar-refractivity contribution in [3.05, 3.63) is 36.0 Å². The van der Waals surface area contributed by atoms with Gasteiger partial charge in [-0.1, -0.05) is 0 Å². The molecule has 0 amide bonds. The minimum absolute atomic E-state index is 0.118. The zero-order valence-corrected chi connectivity index (χ0v) is 10.9. The molecule has 20 heavy (non-hydrogen) atoms. The summed E-state index contributed by atoms with van der Waals surface area (Å²) in [7, 11) is 1.23. The fourth-order valence-corrected chi connectivity index (χ4v) is 1.50. The molecule has 0 saturated carbocycles. The molecule has 2 rings (SSSR count). The molecular formula is C12H12N4O4. The molecule has 0 saturated heterocycles. The molecule has 0 aliphatic rings. The Labute approximate surface area is 114 Å². The van der Waals surface area contributed by atoms with Gasteiger partial charge in [0, 0.05) is 6.20 Å². The Balaban J connectivity index is 2.40. The number of nitrogens with zero attached hydrogens (tertiary/aromatic N) is 4. The Bertz CT molecular complexity index is 638. The molecule has 104 valence electrons. The fraction of sp³-hybridized carbons (Fsp3) is 0.250. The number of pyridine rings is 1. The monoisotopic (exact) mass is 276 g/mol. The number of ether oxygens (including phenoxy) is 2. The molecule has 0 spiro atoms. The third-order valence-corrected chi connectivity index (χ3v) is 2.36. The molecule has 0 radical (unpaired) electrons. The van der Waals surface area contributed by atoms with Gasteiger partial charge in [0.25, 0.3) is 5.82 Å². The minimum Gasteiger partial charge on any atom is -0.463 e. The number of esters is 2. The van der Waals surface area contributed by atoms with Crippen LogP contribution in [0.3, 0.4) is 0 Å². The van der Waals surface area contributed by atoms with Gasteiger partial charge in [-0.15, -0.1) is 5.10 Å². The standard InChI is InChI=1S/C12H12N4O4/c1-3-20-11(17)8-5-4-6-13-10(8)16-7-14-9(15-16)12(18)19-2/h4-7H,3H2,1-2H3. The van der Waals surface area contributed by atoms with Crippen LogP contribution in [0.15, 0.2) is 24.7 Å². The molecule has 2 aromatic rings. The number of methoxy groups -OCH3 is 1. The smallest absolute Gasteiger partial charge is 0.377 e. The summed E-state index contributed by atoms with van der Waals surface area (Å²) in [6.45, 7) is 1.96. The molecule has 0 atom stereocenters. The number of hydrogen-bond donors (Lipinski definition) is 0. The predicted octanol–water partition coefficient (Wildman–Crippen LogP) is 0.626. The third-order valence-electron chi connectivity index (χ3n) is 2.36. The van der Waals surface area contributed by atoms with Gasteiger partial charge in [-0.2, -0.15) is 0 Å². The predicted molar refractivity (Wildman–Crippen MR) is 66.5 cm³/mol. The molecule has 2 aromatic heterocycles. The van der Waals surface area contributed by atoms with Crippen molar-refractivity contribution in [3.63, 3.8) is 0 Å². The van der Waals surface area contributed by atoms with Crippen LogP contribution in [0.2, 0.25) is 0 Å². The molecule has 0 unspecified atom stereocenters. The van der Waals surface area contributed by atoms with E-state index >= 15 is 0 Å². The van der Waals surface area contributed by atoms with Crippen molar-refractivity contribution in [1.29, 1.82) is 0 Å². The van der Waals surface area contributed by atoms with Crippen LogP contribution in [0.1, 0.15) is 27.9 Å². The summed E-state index contributed by atoms with van der Waals surface area (Å²) in [4.78, 5) is 31.0. The maximum Gasteiger partial charge on any atom is 0.377 e. The van der Waals surface area contributed by atoms with Crippen molar-refractivity contribution in [2.24, 2.45) is 0 Å². The van der Waals surface area contributed by atoms with Crippen molar-refractivity contribution in [2.45, 2.75) is 6.92 Å². The van der Waals surface area contributed by atoms with Crippen LogP contribution in [0.5, 0.6) is 0 Å². The van der Waals surface area contributed by atoms with E-state index in [0.717, 1.165) is 0 Å². The summed E-state index contributed by atoms with van der Waals surface area (Å²) in [5.41, 5.74) is 0.232. The highest BCUT2D eigenvalue weighted by molar-refractivity contribution is 5.92. The first-order chi connectivity index (χ1) is 9.67. The number of aromatic nitrogens is 4. The van der Waals surface area contributed by atoms with Crippen molar-refractivity contribution < 1.29 is 19.1 Å². The zero-order valence-electron chi connectivity index (χ0n) is 10.9. The lowest BCUT2D eigenvalue weighted by Crippen LogP contribution is -2.12. The van der Waals surface area contributed by atoms with Gasteiger partial charge >= 0.3 is 11.9 Å². The Kier molecular flexibility index (Phi) is 4.04. The van der Waals surface area contributed by atoms with Gasteiger partial charge in [0.2, 0.25) is 0 Å². The van der Waals surface area contributed by atoms with Crippen molar-refractivity contribution >= 4 is 11.9 Å². The van der Waals surface area contributed by atoms with Gasteiger partial charge < -0.3 is 9.47 Å². The van der Waals surface area contributed by atoms with Crippen LogP contribution in [-0.4, -0.2) is 45.4 Å². The molecule has 8 heteroatoms. The van der Waals surface area contributed by atoms with Gasteiger partial charge in [0.1, 0.15) is 11.9 Å². The maximum atomic E-state index is 11.8. The minimum atomic E-state index is -0.669. The van der Waals surface area contributed by atoms with Gasteiger partial charge in [0.05, 0.1) is 13.7 Å². The highest BCUT2D eigenvalue weighted by atomic mass is 16.5. The van der Waals surface area contributed by atoms with E-state index < -0.39 is 11.9 Å². The number of carbonyl (C=O) groups is 2. The van der Waals surface area contributed by atoms with Crippen LogP contribution in [0, 0.1) is 0 Å². The normalized spacial score (nSPS) is 10.1. The molecule has 0 fully saturated rings. The van der Waals surface area contributed by atoms with Gasteiger partial charge in [0.15, 0.2) is 5.82 Å². The largest absolute Gasteiger partial charge is 0.463 e. The molecule has 0 N–H and O–H groups in total. The molecule has 0 aliphatic heterocycles. The van der Waals surface area contributed by atoms with E-state index in [9.17, 15) is 9.59 Å². The molecule has 0 aromatic carbocycles. The van der Waals surface area contributed by atoms with Crippen molar-refractivity contribution in [1.82, 2.24) is 19.7 Å². The lowest BCUT2D eigenvalue weighted by Gasteiger charge is -2.06. The zero-order chi connectivity index (χ0) is 14.5. The molecule has 2 heterocycles. The highest BCUT2D eigenvalue weighted by Crippen LogP contribution is 2.11. The second-order valence-corrected chi connectivity index (χ2v) is 3.60. The summed E-state index contributed by atoms with van der Waals surface area (Å²) >= 11 is 0. The quantitative estimate of drug-likeness (QED) is 0.755. The lowest BCUT2D eigenvalue weighted by molar-refractivity contribution is 0.0525.